The van der Waals surface area contributed by atoms with Crippen molar-refractivity contribution in [2.45, 2.75) is 0 Å². The van der Waals surface area contributed by atoms with Crippen LogP contribution in [-0.2, 0) is 0 Å². The third kappa shape index (κ3) is 2.84. The van der Waals surface area contributed by atoms with Gasteiger partial charge in [-0.05, 0) is 36.4 Å². The quantitative estimate of drug-likeness (QED) is 0.879. The number of carbonyl (C=O) groups is 1. The van der Waals surface area contributed by atoms with Gasteiger partial charge in [0, 0.05) is 16.8 Å². The predicted molar refractivity (Wildman–Crippen MR) is 65.8 cm³/mol. The largest absolute Gasteiger partial charge is 0.322 e. The molecular formula is C13H8ClF2NO. The van der Waals surface area contributed by atoms with Gasteiger partial charge in [-0.25, -0.2) is 8.78 Å². The lowest BCUT2D eigenvalue weighted by Gasteiger charge is -2.06. The highest BCUT2D eigenvalue weighted by molar-refractivity contribution is 6.30. The number of hydrogen-bond acceptors (Lipinski definition) is 1. The summed E-state index contributed by atoms with van der Waals surface area (Å²) >= 11 is 5.69. The summed E-state index contributed by atoms with van der Waals surface area (Å²) in [4.78, 5) is 11.7. The highest BCUT2D eigenvalue weighted by atomic mass is 35.5. The molecule has 0 bridgehead atoms. The molecule has 0 radical (unpaired) electrons. The molecular weight excluding hydrogens is 260 g/mol. The van der Waals surface area contributed by atoms with Gasteiger partial charge in [0.15, 0.2) is 0 Å². The smallest absolute Gasteiger partial charge is 0.258 e. The topological polar surface area (TPSA) is 29.1 Å². The second-order valence-electron chi connectivity index (χ2n) is 3.59. The van der Waals surface area contributed by atoms with Crippen molar-refractivity contribution in [1.82, 2.24) is 0 Å². The van der Waals surface area contributed by atoms with Crippen LogP contribution in [0, 0.1) is 11.6 Å². The first-order valence-electron chi connectivity index (χ1n) is 5.08. The minimum Gasteiger partial charge on any atom is -0.322 e. The molecule has 1 amide bonds. The molecule has 1 N–H and O–H groups in total. The fraction of sp³-hybridized carbons (Fsp3) is 0. The number of nitrogens with one attached hydrogen (secondary N) is 1. The summed E-state index contributed by atoms with van der Waals surface area (Å²) in [6, 6.07) is 9.15. The lowest BCUT2D eigenvalue weighted by atomic mass is 10.2. The average Bonchev–Trinajstić information content (AvgIpc) is 2.32. The maximum absolute atomic E-state index is 13.3. The van der Waals surface area contributed by atoms with Gasteiger partial charge < -0.3 is 5.32 Å². The van der Waals surface area contributed by atoms with Crippen LogP contribution in [0.4, 0.5) is 14.5 Å². The molecule has 0 heterocycles. The average molecular weight is 268 g/mol. The van der Waals surface area contributed by atoms with E-state index >= 15 is 0 Å². The van der Waals surface area contributed by atoms with Gasteiger partial charge in [0.1, 0.15) is 11.6 Å². The summed E-state index contributed by atoms with van der Waals surface area (Å²) in [7, 11) is 0. The summed E-state index contributed by atoms with van der Waals surface area (Å²) in [6.45, 7) is 0. The highest BCUT2D eigenvalue weighted by Crippen LogP contribution is 2.16. The van der Waals surface area contributed by atoms with Gasteiger partial charge in [-0.1, -0.05) is 11.6 Å². The van der Waals surface area contributed by atoms with Crippen LogP contribution in [0.1, 0.15) is 10.4 Å². The van der Waals surface area contributed by atoms with Gasteiger partial charge >= 0.3 is 0 Å². The summed E-state index contributed by atoms with van der Waals surface area (Å²) in [5, 5.41) is 3.01. The zero-order valence-electron chi connectivity index (χ0n) is 9.08. The molecule has 0 aliphatic carbocycles. The number of amides is 1. The molecule has 0 atom stereocenters. The van der Waals surface area contributed by atoms with Crippen molar-refractivity contribution in [2.24, 2.45) is 0 Å². The van der Waals surface area contributed by atoms with Crippen LogP contribution < -0.4 is 5.32 Å². The molecule has 2 nitrogen and oxygen atoms in total. The van der Waals surface area contributed by atoms with Crippen molar-refractivity contribution >= 4 is 23.2 Å². The Balaban J connectivity index is 2.19. The van der Waals surface area contributed by atoms with Crippen molar-refractivity contribution in [3.8, 4) is 0 Å². The first-order valence-corrected chi connectivity index (χ1v) is 5.46. The molecule has 5 heteroatoms. The van der Waals surface area contributed by atoms with Crippen molar-refractivity contribution in [3.05, 3.63) is 64.7 Å². The zero-order valence-corrected chi connectivity index (χ0v) is 9.84. The zero-order chi connectivity index (χ0) is 13.1. The highest BCUT2D eigenvalue weighted by Gasteiger charge is 2.12. The first kappa shape index (κ1) is 12.5. The third-order valence-corrected chi connectivity index (χ3v) is 2.53. The maximum atomic E-state index is 13.3. The number of carbonyl (C=O) groups excluding carboxylic acids is 1. The van der Waals surface area contributed by atoms with Crippen LogP contribution in [0.2, 0.25) is 5.02 Å². The van der Waals surface area contributed by atoms with E-state index in [2.05, 4.69) is 5.32 Å². The Kier molecular flexibility index (Phi) is 3.58. The summed E-state index contributed by atoms with van der Waals surface area (Å²) in [6.07, 6.45) is 0. The van der Waals surface area contributed by atoms with Crippen molar-refractivity contribution in [1.29, 1.82) is 0 Å². The van der Waals surface area contributed by atoms with Crippen molar-refractivity contribution in [2.75, 3.05) is 5.32 Å². The van der Waals surface area contributed by atoms with Gasteiger partial charge in [-0.3, -0.25) is 4.79 Å². The number of anilines is 1. The Morgan fingerprint density at radius 3 is 2.33 bits per heavy atom. The van der Waals surface area contributed by atoms with E-state index in [-0.39, 0.29) is 5.56 Å². The molecule has 0 saturated heterocycles. The Labute approximate surface area is 107 Å². The van der Waals surface area contributed by atoms with Crippen LogP contribution in [0.25, 0.3) is 0 Å². The Morgan fingerprint density at radius 2 is 1.72 bits per heavy atom. The van der Waals surface area contributed by atoms with E-state index in [9.17, 15) is 13.6 Å². The molecule has 0 unspecified atom stereocenters. The normalized spacial score (nSPS) is 10.2. The second-order valence-corrected chi connectivity index (χ2v) is 4.02. The Morgan fingerprint density at radius 1 is 1.06 bits per heavy atom. The van der Waals surface area contributed by atoms with E-state index < -0.39 is 17.5 Å². The van der Waals surface area contributed by atoms with Gasteiger partial charge in [-0.15, -0.1) is 0 Å². The molecule has 0 aliphatic heterocycles. The summed E-state index contributed by atoms with van der Waals surface area (Å²) in [5.41, 5.74) is 0.263. The standard InChI is InChI=1S/C13H8ClF2NO/c14-8-1-4-10(5-2-8)17-13(18)11-6-3-9(15)7-12(11)16/h1-7H,(H,17,18). The minimum atomic E-state index is -0.901. The summed E-state index contributed by atoms with van der Waals surface area (Å²) in [5.74, 6) is -2.27. The number of rotatable bonds is 2. The van der Waals surface area contributed by atoms with E-state index in [0.717, 1.165) is 12.1 Å². The van der Waals surface area contributed by atoms with E-state index in [4.69, 9.17) is 11.6 Å². The van der Waals surface area contributed by atoms with Crippen LogP contribution >= 0.6 is 11.6 Å². The van der Waals surface area contributed by atoms with Crippen LogP contribution in [-0.4, -0.2) is 5.91 Å². The monoisotopic (exact) mass is 267 g/mol. The van der Waals surface area contributed by atoms with Crippen LogP contribution in [0.3, 0.4) is 0 Å². The van der Waals surface area contributed by atoms with E-state index in [0.29, 0.717) is 16.8 Å². The van der Waals surface area contributed by atoms with E-state index in [1.165, 1.54) is 0 Å². The molecule has 0 fully saturated rings. The first-order chi connectivity index (χ1) is 8.56. The SMILES string of the molecule is O=C(Nc1ccc(Cl)cc1)c1ccc(F)cc1F. The van der Waals surface area contributed by atoms with Crippen molar-refractivity contribution in [3.63, 3.8) is 0 Å². The fourth-order valence-corrected chi connectivity index (χ4v) is 1.53. The molecule has 0 aromatic heterocycles. The lowest BCUT2D eigenvalue weighted by Crippen LogP contribution is -2.13. The molecule has 2 aromatic carbocycles. The third-order valence-electron chi connectivity index (χ3n) is 2.28. The van der Waals surface area contributed by atoms with E-state index in [1.54, 1.807) is 24.3 Å². The molecule has 0 spiro atoms. The van der Waals surface area contributed by atoms with Gasteiger partial charge in [0.2, 0.25) is 0 Å². The Bertz CT molecular complexity index is 584. The molecule has 0 aliphatic rings. The van der Waals surface area contributed by atoms with Crippen LogP contribution in [0.5, 0.6) is 0 Å². The predicted octanol–water partition coefficient (Wildman–Crippen LogP) is 3.87. The summed E-state index contributed by atoms with van der Waals surface area (Å²) < 4.78 is 26.0. The van der Waals surface area contributed by atoms with E-state index in [1.807, 2.05) is 0 Å². The Hall–Kier alpha value is -1.94. The molecule has 92 valence electrons. The second kappa shape index (κ2) is 5.14. The maximum Gasteiger partial charge on any atom is 0.258 e. The molecule has 2 rings (SSSR count). The molecule has 18 heavy (non-hydrogen) atoms. The molecule has 0 saturated carbocycles. The number of hydrogen-bond donors (Lipinski definition) is 1. The van der Waals surface area contributed by atoms with Gasteiger partial charge in [-0.2, -0.15) is 0 Å². The number of benzene rings is 2. The van der Waals surface area contributed by atoms with Gasteiger partial charge in [0.25, 0.3) is 5.91 Å². The lowest BCUT2D eigenvalue weighted by molar-refractivity contribution is 0.102. The number of halogens is 3. The fourth-order valence-electron chi connectivity index (χ4n) is 1.41. The molecule has 2 aromatic rings. The van der Waals surface area contributed by atoms with Crippen LogP contribution in [0.15, 0.2) is 42.5 Å². The van der Waals surface area contributed by atoms with Gasteiger partial charge in [0.05, 0.1) is 5.56 Å². The van der Waals surface area contributed by atoms with Crippen molar-refractivity contribution < 1.29 is 13.6 Å². The minimum absolute atomic E-state index is 0.216.